The highest BCUT2D eigenvalue weighted by molar-refractivity contribution is 6.30. The summed E-state index contributed by atoms with van der Waals surface area (Å²) in [6, 6.07) is 10.8. The number of hydrogen-bond acceptors (Lipinski definition) is 3. The zero-order valence-corrected chi connectivity index (χ0v) is 13.5. The Labute approximate surface area is 138 Å². The molecule has 0 aliphatic carbocycles. The van der Waals surface area contributed by atoms with Gasteiger partial charge in [0.15, 0.2) is 0 Å². The molecule has 0 bridgehead atoms. The monoisotopic (exact) mass is 326 g/mol. The van der Waals surface area contributed by atoms with Gasteiger partial charge in [-0.05, 0) is 61.4 Å². The fraction of sp³-hybridized carbons (Fsp3) is 0.118. The maximum absolute atomic E-state index is 12.4. The van der Waals surface area contributed by atoms with Crippen molar-refractivity contribution < 1.29 is 4.79 Å². The number of hydrogen-bond donors (Lipinski definition) is 1. The molecule has 5 nitrogen and oxygen atoms in total. The van der Waals surface area contributed by atoms with Crippen molar-refractivity contribution in [3.63, 3.8) is 0 Å². The second-order valence-electron chi connectivity index (χ2n) is 5.28. The SMILES string of the molecule is Cc1cc(-n2cnnc2)cc(C)c1NC(=O)c1ccc(Cl)cc1. The number of carbonyl (C=O) groups is 1. The van der Waals surface area contributed by atoms with Gasteiger partial charge in [-0.3, -0.25) is 9.36 Å². The van der Waals surface area contributed by atoms with Gasteiger partial charge in [-0.25, -0.2) is 0 Å². The van der Waals surface area contributed by atoms with Crippen molar-refractivity contribution >= 4 is 23.2 Å². The zero-order valence-electron chi connectivity index (χ0n) is 12.7. The highest BCUT2D eigenvalue weighted by atomic mass is 35.5. The molecule has 3 rings (SSSR count). The van der Waals surface area contributed by atoms with Crippen LogP contribution in [-0.4, -0.2) is 20.7 Å². The Hall–Kier alpha value is -2.66. The summed E-state index contributed by atoms with van der Waals surface area (Å²) in [6.07, 6.45) is 3.28. The van der Waals surface area contributed by atoms with Crippen LogP contribution in [0.2, 0.25) is 5.02 Å². The molecule has 0 aliphatic heterocycles. The Kier molecular flexibility index (Phi) is 4.12. The summed E-state index contributed by atoms with van der Waals surface area (Å²) in [6.45, 7) is 3.91. The van der Waals surface area contributed by atoms with Crippen LogP contribution in [0.4, 0.5) is 5.69 Å². The molecule has 0 radical (unpaired) electrons. The third-order valence-electron chi connectivity index (χ3n) is 3.58. The number of nitrogens with one attached hydrogen (secondary N) is 1. The Morgan fingerprint density at radius 3 is 2.17 bits per heavy atom. The first-order valence-electron chi connectivity index (χ1n) is 7.08. The molecule has 2 aromatic carbocycles. The largest absolute Gasteiger partial charge is 0.322 e. The molecule has 3 aromatic rings. The third kappa shape index (κ3) is 3.24. The maximum atomic E-state index is 12.4. The van der Waals surface area contributed by atoms with Crippen molar-refractivity contribution in [2.75, 3.05) is 5.32 Å². The topological polar surface area (TPSA) is 59.8 Å². The molecule has 0 spiro atoms. The zero-order chi connectivity index (χ0) is 16.4. The number of rotatable bonds is 3. The van der Waals surface area contributed by atoms with E-state index in [1.807, 2.05) is 30.5 Å². The van der Waals surface area contributed by atoms with Gasteiger partial charge in [-0.2, -0.15) is 0 Å². The maximum Gasteiger partial charge on any atom is 0.255 e. The second-order valence-corrected chi connectivity index (χ2v) is 5.72. The van der Waals surface area contributed by atoms with E-state index in [4.69, 9.17) is 11.6 Å². The lowest BCUT2D eigenvalue weighted by atomic mass is 10.1. The smallest absolute Gasteiger partial charge is 0.255 e. The van der Waals surface area contributed by atoms with E-state index in [9.17, 15) is 4.79 Å². The molecule has 1 aromatic heterocycles. The molecule has 0 atom stereocenters. The van der Waals surface area contributed by atoms with Crippen LogP contribution in [-0.2, 0) is 0 Å². The number of carbonyl (C=O) groups excluding carboxylic acids is 1. The molecule has 1 N–H and O–H groups in total. The summed E-state index contributed by atoms with van der Waals surface area (Å²) >= 11 is 5.85. The number of nitrogens with zero attached hydrogens (tertiary/aromatic N) is 3. The van der Waals surface area contributed by atoms with Crippen molar-refractivity contribution in [1.82, 2.24) is 14.8 Å². The summed E-state index contributed by atoms with van der Waals surface area (Å²) in [5, 5.41) is 11.2. The lowest BCUT2D eigenvalue weighted by Crippen LogP contribution is -2.14. The van der Waals surface area contributed by atoms with E-state index in [2.05, 4.69) is 15.5 Å². The van der Waals surface area contributed by atoms with Crippen molar-refractivity contribution in [2.24, 2.45) is 0 Å². The number of halogens is 1. The second kappa shape index (κ2) is 6.22. The van der Waals surface area contributed by atoms with E-state index in [0.717, 1.165) is 22.5 Å². The highest BCUT2D eigenvalue weighted by Crippen LogP contribution is 2.25. The molecule has 116 valence electrons. The number of aryl methyl sites for hydroxylation is 2. The van der Waals surface area contributed by atoms with Crippen LogP contribution in [0.5, 0.6) is 0 Å². The molecule has 1 heterocycles. The Morgan fingerprint density at radius 2 is 1.61 bits per heavy atom. The fourth-order valence-corrected chi connectivity index (χ4v) is 2.53. The quantitative estimate of drug-likeness (QED) is 0.796. The third-order valence-corrected chi connectivity index (χ3v) is 3.83. The van der Waals surface area contributed by atoms with Crippen LogP contribution in [0.15, 0.2) is 49.1 Å². The van der Waals surface area contributed by atoms with Gasteiger partial charge in [0.1, 0.15) is 12.7 Å². The molecule has 0 aliphatic rings. The summed E-state index contributed by atoms with van der Waals surface area (Å²) in [5.41, 5.74) is 4.26. The number of anilines is 1. The minimum absolute atomic E-state index is 0.162. The molecule has 0 saturated heterocycles. The minimum atomic E-state index is -0.162. The van der Waals surface area contributed by atoms with Gasteiger partial charge in [0.05, 0.1) is 0 Å². The molecule has 0 saturated carbocycles. The van der Waals surface area contributed by atoms with Crippen LogP contribution in [0.1, 0.15) is 21.5 Å². The van der Waals surface area contributed by atoms with Gasteiger partial charge in [-0.15, -0.1) is 10.2 Å². The van der Waals surface area contributed by atoms with E-state index in [0.29, 0.717) is 10.6 Å². The fourth-order valence-electron chi connectivity index (χ4n) is 2.41. The minimum Gasteiger partial charge on any atom is -0.322 e. The summed E-state index contributed by atoms with van der Waals surface area (Å²) in [7, 11) is 0. The van der Waals surface area contributed by atoms with Gasteiger partial charge < -0.3 is 5.32 Å². The first-order chi connectivity index (χ1) is 11.0. The van der Waals surface area contributed by atoms with Crippen LogP contribution in [0, 0.1) is 13.8 Å². The van der Waals surface area contributed by atoms with Crippen LogP contribution >= 0.6 is 11.6 Å². The van der Waals surface area contributed by atoms with Crippen LogP contribution in [0.3, 0.4) is 0 Å². The average molecular weight is 327 g/mol. The summed E-state index contributed by atoms with van der Waals surface area (Å²) in [4.78, 5) is 12.4. The highest BCUT2D eigenvalue weighted by Gasteiger charge is 2.11. The van der Waals surface area contributed by atoms with Crippen molar-refractivity contribution in [3.8, 4) is 5.69 Å². The van der Waals surface area contributed by atoms with Crippen molar-refractivity contribution in [1.29, 1.82) is 0 Å². The Balaban J connectivity index is 1.88. The van der Waals surface area contributed by atoms with Gasteiger partial charge in [0, 0.05) is 22.0 Å². The molecule has 0 unspecified atom stereocenters. The van der Waals surface area contributed by atoms with Crippen LogP contribution in [0.25, 0.3) is 5.69 Å². The first-order valence-corrected chi connectivity index (χ1v) is 7.45. The van der Waals surface area contributed by atoms with Gasteiger partial charge >= 0.3 is 0 Å². The number of amides is 1. The predicted octanol–water partition coefficient (Wildman–Crippen LogP) is 3.79. The summed E-state index contributed by atoms with van der Waals surface area (Å²) < 4.78 is 1.82. The molecular weight excluding hydrogens is 312 g/mol. The van der Waals surface area contributed by atoms with Gasteiger partial charge in [0.2, 0.25) is 0 Å². The first kappa shape index (κ1) is 15.2. The molecule has 6 heteroatoms. The Bertz CT molecular complexity index is 819. The van der Waals surface area contributed by atoms with E-state index >= 15 is 0 Å². The van der Waals surface area contributed by atoms with E-state index in [1.165, 1.54) is 0 Å². The molecule has 23 heavy (non-hydrogen) atoms. The predicted molar refractivity (Wildman–Crippen MR) is 90.2 cm³/mol. The number of aromatic nitrogens is 3. The molecular formula is C17H15ClN4O. The van der Waals surface area contributed by atoms with Crippen molar-refractivity contribution in [3.05, 3.63) is 70.8 Å². The lowest BCUT2D eigenvalue weighted by molar-refractivity contribution is 0.102. The summed E-state index contributed by atoms with van der Waals surface area (Å²) in [5.74, 6) is -0.162. The van der Waals surface area contributed by atoms with E-state index in [1.54, 1.807) is 36.9 Å². The van der Waals surface area contributed by atoms with E-state index in [-0.39, 0.29) is 5.91 Å². The Morgan fingerprint density at radius 1 is 1.04 bits per heavy atom. The number of benzene rings is 2. The molecule has 1 amide bonds. The average Bonchev–Trinajstić information content (AvgIpc) is 3.05. The normalized spacial score (nSPS) is 10.6. The lowest BCUT2D eigenvalue weighted by Gasteiger charge is -2.14. The van der Waals surface area contributed by atoms with Crippen molar-refractivity contribution in [2.45, 2.75) is 13.8 Å². The van der Waals surface area contributed by atoms with Crippen LogP contribution < -0.4 is 5.32 Å². The van der Waals surface area contributed by atoms with E-state index < -0.39 is 0 Å². The standard InChI is InChI=1S/C17H15ClN4O/c1-11-7-15(22-9-19-20-10-22)8-12(2)16(11)21-17(23)13-3-5-14(18)6-4-13/h3-10H,1-2H3,(H,21,23). The van der Waals surface area contributed by atoms with Gasteiger partial charge in [-0.1, -0.05) is 11.6 Å². The van der Waals surface area contributed by atoms with Gasteiger partial charge in [0.25, 0.3) is 5.91 Å². The molecule has 0 fully saturated rings.